The van der Waals surface area contributed by atoms with Crippen LogP contribution in [-0.4, -0.2) is 8.07 Å². The van der Waals surface area contributed by atoms with E-state index in [0.29, 0.717) is 0 Å². The first-order valence-electron chi connectivity index (χ1n) is 17.6. The lowest BCUT2D eigenvalue weighted by Crippen LogP contribution is -2.37. The van der Waals surface area contributed by atoms with E-state index >= 15 is 0 Å². The maximum atomic E-state index is 6.84. The van der Waals surface area contributed by atoms with Crippen LogP contribution in [0.5, 0.6) is 11.5 Å². The third-order valence-corrected chi connectivity index (χ3v) is 12.0. The van der Waals surface area contributed by atoms with E-state index in [0.717, 1.165) is 62.0 Å². The third-order valence-electron chi connectivity index (χ3n) is 9.97. The first kappa shape index (κ1) is 30.9. The van der Waals surface area contributed by atoms with Gasteiger partial charge in [-0.05, 0) is 89.1 Å². The van der Waals surface area contributed by atoms with E-state index in [4.69, 9.17) is 4.74 Å². The number of rotatable bonds is 7. The molecule has 0 aromatic heterocycles. The van der Waals surface area contributed by atoms with Crippen LogP contribution in [0.15, 0.2) is 176 Å². The van der Waals surface area contributed by atoms with E-state index in [1.165, 1.54) is 21.5 Å². The van der Waals surface area contributed by atoms with Crippen molar-refractivity contribution in [1.82, 2.24) is 0 Å². The van der Waals surface area contributed by atoms with E-state index in [1.807, 2.05) is 0 Å². The number of nitrogens with zero attached hydrogens (tertiary/aromatic N) is 2. The van der Waals surface area contributed by atoms with E-state index in [9.17, 15) is 0 Å². The Balaban J connectivity index is 1.17. The summed E-state index contributed by atoms with van der Waals surface area (Å²) in [5.41, 5.74) is 8.88. The number of fused-ring (bicyclic) bond motifs is 3. The molecule has 0 fully saturated rings. The van der Waals surface area contributed by atoms with Gasteiger partial charge in [-0.2, -0.15) is 0 Å². The topological polar surface area (TPSA) is 15.7 Å². The van der Waals surface area contributed by atoms with Crippen LogP contribution in [0.25, 0.3) is 32.7 Å². The van der Waals surface area contributed by atoms with Crippen molar-refractivity contribution in [2.75, 3.05) is 9.80 Å². The summed E-state index contributed by atoms with van der Waals surface area (Å²) in [6, 6.07) is 63.2. The zero-order valence-corrected chi connectivity index (χ0v) is 30.0. The lowest BCUT2D eigenvalue weighted by molar-refractivity contribution is 0.487. The first-order valence-corrected chi connectivity index (χ1v) is 21.1. The highest BCUT2D eigenvalue weighted by molar-refractivity contribution is 6.88. The molecule has 0 saturated carbocycles. The number of hydrogen-bond acceptors (Lipinski definition) is 3. The quantitative estimate of drug-likeness (QED) is 0.157. The van der Waals surface area contributed by atoms with Crippen molar-refractivity contribution in [1.29, 1.82) is 0 Å². The van der Waals surface area contributed by atoms with Crippen LogP contribution >= 0.6 is 0 Å². The molecule has 0 amide bonds. The lowest BCUT2D eigenvalue weighted by atomic mass is 9.93. The van der Waals surface area contributed by atoms with Gasteiger partial charge in [0.1, 0.15) is 11.5 Å². The molecule has 3 nitrogen and oxygen atoms in total. The smallest absolute Gasteiger partial charge is 0.137 e. The highest BCUT2D eigenvalue weighted by atomic mass is 28.3. The fourth-order valence-electron chi connectivity index (χ4n) is 7.39. The zero-order chi connectivity index (χ0) is 34.5. The number of hydrogen-bond donors (Lipinski definition) is 0. The van der Waals surface area contributed by atoms with E-state index in [2.05, 4.69) is 205 Å². The van der Waals surface area contributed by atoms with Gasteiger partial charge in [0.25, 0.3) is 0 Å². The fourth-order valence-corrected chi connectivity index (χ4v) is 8.56. The van der Waals surface area contributed by atoms with E-state index in [-0.39, 0.29) is 0 Å². The van der Waals surface area contributed by atoms with Crippen molar-refractivity contribution in [3.63, 3.8) is 0 Å². The minimum atomic E-state index is -1.43. The Morgan fingerprint density at radius 3 is 1.73 bits per heavy atom. The summed E-state index contributed by atoms with van der Waals surface area (Å²) < 4.78 is 6.84. The minimum absolute atomic E-state index is 0.856. The molecule has 8 aromatic carbocycles. The molecule has 1 heterocycles. The molecule has 0 unspecified atom stereocenters. The van der Waals surface area contributed by atoms with Crippen LogP contribution in [0.3, 0.4) is 0 Å². The molecule has 0 aliphatic carbocycles. The van der Waals surface area contributed by atoms with Crippen molar-refractivity contribution >= 4 is 68.9 Å². The maximum Gasteiger partial charge on any atom is 0.137 e. The second kappa shape index (κ2) is 12.3. The van der Waals surface area contributed by atoms with E-state index < -0.39 is 8.07 Å². The molecule has 1 aliphatic heterocycles. The number of ether oxygens (including phenoxy) is 1. The molecule has 0 saturated heterocycles. The average Bonchev–Trinajstić information content (AvgIpc) is 3.16. The standard InChI is InChI=1S/C47H38N2OSi/c1-51(2,3)40-26-23-37(24-27-40)48(35-15-6-4-7-16-35)39-25-28-41-42-29-30-44(43-19-12-20-45(47(42)43)50-46(41)32-39)49(36-17-8-5-9-18-36)38-22-21-33-13-10-11-14-34(33)31-38/h4-32H,1-3H3. The fraction of sp³-hybridized carbons (Fsp3) is 0.0638. The summed E-state index contributed by atoms with van der Waals surface area (Å²) in [4.78, 5) is 4.68. The number of anilines is 6. The summed E-state index contributed by atoms with van der Waals surface area (Å²) >= 11 is 0. The Hall–Kier alpha value is -6.10. The SMILES string of the molecule is C[Si](C)(C)c1ccc(N(c2ccccc2)c2ccc3c(c2)Oc2cccc4c(N(c5ccccc5)c5ccc6ccccc6c5)ccc-3c24)cc1. The molecule has 0 radical (unpaired) electrons. The van der Waals surface area contributed by atoms with Gasteiger partial charge in [0.2, 0.25) is 0 Å². The van der Waals surface area contributed by atoms with Gasteiger partial charge >= 0.3 is 0 Å². The largest absolute Gasteiger partial charge is 0.456 e. The van der Waals surface area contributed by atoms with Gasteiger partial charge in [0, 0.05) is 50.8 Å². The molecule has 0 N–H and O–H groups in total. The highest BCUT2D eigenvalue weighted by Crippen LogP contribution is 2.52. The van der Waals surface area contributed by atoms with Crippen molar-refractivity contribution < 1.29 is 4.74 Å². The molecule has 4 heteroatoms. The predicted molar refractivity (Wildman–Crippen MR) is 219 cm³/mol. The first-order chi connectivity index (χ1) is 24.9. The van der Waals surface area contributed by atoms with Crippen LogP contribution in [-0.2, 0) is 0 Å². The monoisotopic (exact) mass is 674 g/mol. The van der Waals surface area contributed by atoms with Crippen molar-refractivity contribution in [2.24, 2.45) is 0 Å². The molecular formula is C47H38N2OSi. The zero-order valence-electron chi connectivity index (χ0n) is 29.0. The minimum Gasteiger partial charge on any atom is -0.456 e. The normalized spacial score (nSPS) is 12.0. The molecule has 8 aromatic rings. The van der Waals surface area contributed by atoms with Gasteiger partial charge in [0.05, 0.1) is 13.8 Å². The molecule has 0 spiro atoms. The Labute approximate surface area is 300 Å². The van der Waals surface area contributed by atoms with Gasteiger partial charge in [0.15, 0.2) is 0 Å². The maximum absolute atomic E-state index is 6.84. The summed E-state index contributed by atoms with van der Waals surface area (Å²) in [5.74, 6) is 1.72. The molecule has 0 bridgehead atoms. The van der Waals surface area contributed by atoms with Crippen LogP contribution < -0.4 is 19.7 Å². The van der Waals surface area contributed by atoms with Gasteiger partial charge in [-0.25, -0.2) is 0 Å². The van der Waals surface area contributed by atoms with E-state index in [1.54, 1.807) is 0 Å². The molecule has 9 rings (SSSR count). The van der Waals surface area contributed by atoms with Crippen molar-refractivity contribution in [3.8, 4) is 22.6 Å². The molecular weight excluding hydrogens is 637 g/mol. The summed E-state index contributed by atoms with van der Waals surface area (Å²) in [7, 11) is -1.43. The Kier molecular flexibility index (Phi) is 7.48. The molecule has 246 valence electrons. The molecule has 0 atom stereocenters. The molecule has 51 heavy (non-hydrogen) atoms. The Morgan fingerprint density at radius 1 is 0.412 bits per heavy atom. The summed E-state index contributed by atoms with van der Waals surface area (Å²) in [6.45, 7) is 7.17. The summed E-state index contributed by atoms with van der Waals surface area (Å²) in [6.07, 6.45) is 0. The predicted octanol–water partition coefficient (Wildman–Crippen LogP) is 13.3. The average molecular weight is 675 g/mol. The summed E-state index contributed by atoms with van der Waals surface area (Å²) in [5, 5.41) is 6.15. The second-order valence-corrected chi connectivity index (χ2v) is 19.3. The van der Waals surface area contributed by atoms with Crippen molar-refractivity contribution in [3.05, 3.63) is 176 Å². The lowest BCUT2D eigenvalue weighted by Gasteiger charge is -2.30. The van der Waals surface area contributed by atoms with Crippen LogP contribution in [0.2, 0.25) is 19.6 Å². The Morgan fingerprint density at radius 2 is 1.00 bits per heavy atom. The molecule has 1 aliphatic rings. The second-order valence-electron chi connectivity index (χ2n) is 14.3. The third kappa shape index (κ3) is 5.54. The van der Waals surface area contributed by atoms with Gasteiger partial charge in [-0.3, -0.25) is 0 Å². The number of benzene rings is 8. The van der Waals surface area contributed by atoms with Crippen LogP contribution in [0.4, 0.5) is 34.1 Å². The van der Waals surface area contributed by atoms with Crippen molar-refractivity contribution in [2.45, 2.75) is 19.6 Å². The van der Waals surface area contributed by atoms with Gasteiger partial charge in [-0.1, -0.05) is 122 Å². The van der Waals surface area contributed by atoms with Crippen LogP contribution in [0.1, 0.15) is 0 Å². The van der Waals surface area contributed by atoms with Gasteiger partial charge in [-0.15, -0.1) is 0 Å². The van der Waals surface area contributed by atoms with Gasteiger partial charge < -0.3 is 14.5 Å². The van der Waals surface area contributed by atoms with Crippen LogP contribution in [0, 0.1) is 0 Å². The number of para-hydroxylation sites is 2. The highest BCUT2D eigenvalue weighted by Gasteiger charge is 2.26. The Bertz CT molecular complexity index is 2540.